The van der Waals surface area contributed by atoms with Crippen LogP contribution in [-0.2, 0) is 6.42 Å². The summed E-state index contributed by atoms with van der Waals surface area (Å²) in [7, 11) is 0. The van der Waals surface area contributed by atoms with Crippen molar-refractivity contribution in [3.05, 3.63) is 46.5 Å². The van der Waals surface area contributed by atoms with Crippen molar-refractivity contribution in [1.29, 1.82) is 0 Å². The maximum Gasteiger partial charge on any atom is 0.0629 e. The molecule has 0 bridgehead atoms. The molecule has 0 spiro atoms. The quantitative estimate of drug-likeness (QED) is 0.810. The van der Waals surface area contributed by atoms with Crippen molar-refractivity contribution in [2.75, 3.05) is 0 Å². The molecule has 0 aromatic carbocycles. The van der Waals surface area contributed by atoms with E-state index in [1.54, 1.807) is 0 Å². The molecule has 0 amide bonds. The Bertz CT molecular complexity index is 435. The van der Waals surface area contributed by atoms with Gasteiger partial charge in [0.1, 0.15) is 0 Å². The monoisotopic (exact) mass is 201 g/mol. The van der Waals surface area contributed by atoms with Crippen molar-refractivity contribution in [2.24, 2.45) is 0 Å². The van der Waals surface area contributed by atoms with Crippen LogP contribution in [0, 0.1) is 20.8 Å². The molecule has 2 aromatic heterocycles. The summed E-state index contributed by atoms with van der Waals surface area (Å²) in [5.74, 6) is 0. The van der Waals surface area contributed by atoms with Crippen LogP contribution in [0.3, 0.4) is 0 Å². The summed E-state index contributed by atoms with van der Waals surface area (Å²) in [4.78, 5) is 4.29. The molecule has 2 rings (SSSR count). The molecule has 3 nitrogen and oxygen atoms in total. The minimum Gasteiger partial charge on any atom is -0.282 e. The molecule has 1 N–H and O–H groups in total. The van der Waals surface area contributed by atoms with Gasteiger partial charge in [-0.2, -0.15) is 5.10 Å². The van der Waals surface area contributed by atoms with Gasteiger partial charge in [0.05, 0.1) is 5.69 Å². The van der Waals surface area contributed by atoms with Crippen LogP contribution in [0.1, 0.15) is 28.2 Å². The van der Waals surface area contributed by atoms with E-state index >= 15 is 0 Å². The number of aromatic nitrogens is 3. The number of nitrogens with one attached hydrogen (secondary N) is 1. The number of aromatic amines is 1. The molecule has 0 atom stereocenters. The van der Waals surface area contributed by atoms with Gasteiger partial charge in [-0.25, -0.2) is 0 Å². The van der Waals surface area contributed by atoms with Gasteiger partial charge in [-0.05, 0) is 32.4 Å². The van der Waals surface area contributed by atoms with Crippen LogP contribution in [0.15, 0.2) is 18.3 Å². The highest BCUT2D eigenvalue weighted by atomic mass is 15.1. The summed E-state index contributed by atoms with van der Waals surface area (Å²) in [5.41, 5.74) is 5.79. The first-order valence-electron chi connectivity index (χ1n) is 5.09. The molecule has 15 heavy (non-hydrogen) atoms. The molecule has 0 aliphatic carbocycles. The Morgan fingerprint density at radius 1 is 1.20 bits per heavy atom. The lowest BCUT2D eigenvalue weighted by Crippen LogP contribution is -1.93. The van der Waals surface area contributed by atoms with Gasteiger partial charge < -0.3 is 0 Å². The molecule has 0 radical (unpaired) electrons. The van der Waals surface area contributed by atoms with Crippen LogP contribution >= 0.6 is 0 Å². The van der Waals surface area contributed by atoms with E-state index in [9.17, 15) is 0 Å². The van der Waals surface area contributed by atoms with Crippen LogP contribution < -0.4 is 0 Å². The number of H-pyrrole nitrogens is 1. The lowest BCUT2D eigenvalue weighted by atomic mass is 10.1. The highest BCUT2D eigenvalue weighted by molar-refractivity contribution is 5.30. The first-order valence-corrected chi connectivity index (χ1v) is 5.09. The zero-order valence-corrected chi connectivity index (χ0v) is 9.33. The Balaban J connectivity index is 2.25. The Hall–Kier alpha value is -1.64. The van der Waals surface area contributed by atoms with Crippen LogP contribution in [0.4, 0.5) is 0 Å². The second-order valence-corrected chi connectivity index (χ2v) is 3.90. The molecular formula is C12H15N3. The topological polar surface area (TPSA) is 41.6 Å². The number of hydrogen-bond acceptors (Lipinski definition) is 2. The first kappa shape index (κ1) is 9.90. The van der Waals surface area contributed by atoms with Crippen molar-refractivity contribution < 1.29 is 0 Å². The zero-order valence-electron chi connectivity index (χ0n) is 9.33. The largest absolute Gasteiger partial charge is 0.282 e. The van der Waals surface area contributed by atoms with E-state index in [1.807, 2.05) is 26.1 Å². The lowest BCUT2D eigenvalue weighted by molar-refractivity contribution is 1.02. The highest BCUT2D eigenvalue weighted by Gasteiger charge is 2.06. The third-order valence-corrected chi connectivity index (χ3v) is 2.63. The number of aryl methyl sites for hydroxylation is 3. The fraction of sp³-hybridized carbons (Fsp3) is 0.333. The Morgan fingerprint density at radius 2 is 2.00 bits per heavy atom. The number of rotatable bonds is 2. The van der Waals surface area contributed by atoms with Gasteiger partial charge in [-0.1, -0.05) is 6.07 Å². The number of hydrogen-bond donors (Lipinski definition) is 1. The van der Waals surface area contributed by atoms with E-state index in [2.05, 4.69) is 28.2 Å². The summed E-state index contributed by atoms with van der Waals surface area (Å²) in [5, 5.41) is 7.18. The third kappa shape index (κ3) is 2.06. The van der Waals surface area contributed by atoms with Crippen LogP contribution in [0.5, 0.6) is 0 Å². The van der Waals surface area contributed by atoms with E-state index in [1.165, 1.54) is 11.1 Å². The van der Waals surface area contributed by atoms with Gasteiger partial charge in [0.25, 0.3) is 0 Å². The second-order valence-electron chi connectivity index (χ2n) is 3.90. The molecule has 78 valence electrons. The molecule has 2 aromatic rings. The van der Waals surface area contributed by atoms with Crippen molar-refractivity contribution >= 4 is 0 Å². The fourth-order valence-electron chi connectivity index (χ4n) is 1.64. The predicted octanol–water partition coefficient (Wildman–Crippen LogP) is 2.32. The second kappa shape index (κ2) is 3.85. The highest BCUT2D eigenvalue weighted by Crippen LogP contribution is 2.14. The van der Waals surface area contributed by atoms with E-state index in [-0.39, 0.29) is 0 Å². The average Bonchev–Trinajstić information content (AvgIpc) is 2.53. The normalized spacial score (nSPS) is 10.6. The van der Waals surface area contributed by atoms with E-state index in [0.29, 0.717) is 0 Å². The fourth-order valence-corrected chi connectivity index (χ4v) is 1.64. The van der Waals surface area contributed by atoms with Crippen molar-refractivity contribution in [3.8, 4) is 0 Å². The van der Waals surface area contributed by atoms with E-state index in [0.717, 1.165) is 23.5 Å². The van der Waals surface area contributed by atoms with Crippen molar-refractivity contribution in [3.63, 3.8) is 0 Å². The minimum atomic E-state index is 0.904. The summed E-state index contributed by atoms with van der Waals surface area (Å²) in [6, 6.07) is 4.16. The van der Waals surface area contributed by atoms with E-state index in [4.69, 9.17) is 0 Å². The lowest BCUT2D eigenvalue weighted by Gasteiger charge is -2.01. The summed E-state index contributed by atoms with van der Waals surface area (Å²) < 4.78 is 0. The van der Waals surface area contributed by atoms with Crippen LogP contribution in [0.2, 0.25) is 0 Å². The van der Waals surface area contributed by atoms with Gasteiger partial charge in [0.15, 0.2) is 0 Å². The minimum absolute atomic E-state index is 0.904. The maximum absolute atomic E-state index is 4.29. The molecule has 0 aliphatic heterocycles. The van der Waals surface area contributed by atoms with Gasteiger partial charge in [-0.15, -0.1) is 0 Å². The van der Waals surface area contributed by atoms with E-state index < -0.39 is 0 Å². The molecular weight excluding hydrogens is 186 g/mol. The predicted molar refractivity (Wildman–Crippen MR) is 59.8 cm³/mol. The van der Waals surface area contributed by atoms with Crippen molar-refractivity contribution in [2.45, 2.75) is 27.2 Å². The zero-order chi connectivity index (χ0) is 10.8. The van der Waals surface area contributed by atoms with Gasteiger partial charge >= 0.3 is 0 Å². The molecule has 0 fully saturated rings. The Labute approximate surface area is 89.6 Å². The molecule has 0 unspecified atom stereocenters. The Morgan fingerprint density at radius 3 is 2.53 bits per heavy atom. The summed E-state index contributed by atoms with van der Waals surface area (Å²) in [6.45, 7) is 6.08. The SMILES string of the molecule is Cc1ccc(Cc2c(C)n[nH]c2C)cn1. The molecule has 0 saturated heterocycles. The van der Waals surface area contributed by atoms with Crippen LogP contribution in [-0.4, -0.2) is 15.2 Å². The number of pyridine rings is 1. The average molecular weight is 201 g/mol. The Kier molecular flexibility index (Phi) is 2.54. The van der Waals surface area contributed by atoms with Crippen LogP contribution in [0.25, 0.3) is 0 Å². The molecule has 0 saturated carbocycles. The maximum atomic E-state index is 4.29. The third-order valence-electron chi connectivity index (χ3n) is 2.63. The van der Waals surface area contributed by atoms with Gasteiger partial charge in [0, 0.05) is 29.6 Å². The molecule has 2 heterocycles. The van der Waals surface area contributed by atoms with Crippen molar-refractivity contribution in [1.82, 2.24) is 15.2 Å². The van der Waals surface area contributed by atoms with Gasteiger partial charge in [-0.3, -0.25) is 10.1 Å². The standard InChI is InChI=1S/C12H15N3/c1-8-4-5-11(7-13-8)6-12-9(2)14-15-10(12)3/h4-5,7H,6H2,1-3H3,(H,14,15). The van der Waals surface area contributed by atoms with Gasteiger partial charge in [0.2, 0.25) is 0 Å². The molecule has 3 heteroatoms. The first-order chi connectivity index (χ1) is 7.16. The summed E-state index contributed by atoms with van der Waals surface area (Å²) >= 11 is 0. The molecule has 0 aliphatic rings. The summed E-state index contributed by atoms with van der Waals surface area (Å²) in [6.07, 6.45) is 2.84. The smallest absolute Gasteiger partial charge is 0.0629 e. The number of nitrogens with zero attached hydrogens (tertiary/aromatic N) is 2.